The van der Waals surface area contributed by atoms with Crippen LogP contribution in [0.2, 0.25) is 0 Å². The molecule has 2 atom stereocenters. The van der Waals surface area contributed by atoms with Crippen LogP contribution in [0.25, 0.3) is 0 Å². The van der Waals surface area contributed by atoms with Crippen molar-refractivity contribution in [1.82, 2.24) is 15.1 Å². The average molecular weight is 654 g/mol. The number of thiophene rings is 1. The van der Waals surface area contributed by atoms with Gasteiger partial charge in [0, 0.05) is 38.8 Å². The number of hydrogen-bond donors (Lipinski definition) is 2. The number of hydrogen-bond acceptors (Lipinski definition) is 8. The molecule has 1 fully saturated rings. The van der Waals surface area contributed by atoms with E-state index in [9.17, 15) is 14.4 Å². The first-order chi connectivity index (χ1) is 22.9. The quantitative estimate of drug-likeness (QED) is 0.186. The first-order valence-electron chi connectivity index (χ1n) is 15.7. The lowest BCUT2D eigenvalue weighted by atomic mass is 10.0. The summed E-state index contributed by atoms with van der Waals surface area (Å²) < 4.78 is 11.0. The molecule has 3 aromatic carbocycles. The van der Waals surface area contributed by atoms with Gasteiger partial charge in [-0.1, -0.05) is 42.5 Å². The molecule has 1 aromatic heterocycles. The molecule has 47 heavy (non-hydrogen) atoms. The lowest BCUT2D eigenvalue weighted by molar-refractivity contribution is 0.0575. The summed E-state index contributed by atoms with van der Waals surface area (Å²) in [6.45, 7) is 5.57. The summed E-state index contributed by atoms with van der Waals surface area (Å²) in [5.74, 6) is 0.321. The molecule has 3 heterocycles. The summed E-state index contributed by atoms with van der Waals surface area (Å²) in [5.41, 5.74) is 3.56. The van der Waals surface area contributed by atoms with Crippen LogP contribution in [-0.4, -0.2) is 74.6 Å². The molecule has 0 saturated carbocycles. The van der Waals surface area contributed by atoms with Crippen LogP contribution >= 0.6 is 11.3 Å². The predicted octanol–water partition coefficient (Wildman–Crippen LogP) is 6.20. The number of fused-ring (bicyclic) bond motifs is 1. The Kier molecular flexibility index (Phi) is 9.74. The minimum atomic E-state index is -0.666. The zero-order chi connectivity index (χ0) is 32.9. The number of anilines is 2. The smallest absolute Gasteiger partial charge is 0.319 e. The van der Waals surface area contributed by atoms with E-state index < -0.39 is 6.04 Å². The first-order valence-corrected chi connectivity index (χ1v) is 16.6. The SMILES string of the molecule is COc1ccc([C@@H](CCNC(=O)Nc2cccs2)N2C(=O)c3cccc(N4CCN([C@H](C)c5ccccc5)CC4)c3C2=O)cc1OC. The molecule has 0 unspecified atom stereocenters. The molecule has 4 amide bonds. The van der Waals surface area contributed by atoms with Crippen LogP contribution in [-0.2, 0) is 0 Å². The minimum absolute atomic E-state index is 0.220. The van der Waals surface area contributed by atoms with Crippen molar-refractivity contribution >= 4 is 39.9 Å². The van der Waals surface area contributed by atoms with E-state index in [0.29, 0.717) is 34.6 Å². The second kappa shape index (κ2) is 14.3. The molecule has 11 heteroatoms. The van der Waals surface area contributed by atoms with E-state index in [1.807, 2.05) is 41.8 Å². The maximum absolute atomic E-state index is 14.3. The standard InChI is InChI=1S/C36H39N5O5S/c1-24(25-9-5-4-6-10-25)39-18-20-40(21-19-39)29-12-7-11-27-33(29)35(43)41(34(27)42)28(26-14-15-30(45-2)31(23-26)46-3)16-17-37-36(44)38-32-13-8-22-47-32/h4-15,22-24,28H,16-21H2,1-3H3,(H2,37,38,44)/t24-,28-/m1/s1. The van der Waals surface area contributed by atoms with Crippen molar-refractivity contribution in [3.63, 3.8) is 0 Å². The highest BCUT2D eigenvalue weighted by molar-refractivity contribution is 7.14. The fourth-order valence-corrected chi connectivity index (χ4v) is 7.07. The van der Waals surface area contributed by atoms with E-state index in [-0.39, 0.29) is 30.4 Å². The Morgan fingerprint density at radius 2 is 1.62 bits per heavy atom. The van der Waals surface area contributed by atoms with Crippen LogP contribution in [0.15, 0.2) is 84.2 Å². The fraction of sp³-hybridized carbons (Fsp3) is 0.306. The fourth-order valence-electron chi connectivity index (χ4n) is 6.46. The topological polar surface area (TPSA) is 103 Å². The first kappa shape index (κ1) is 32.1. The van der Waals surface area contributed by atoms with Crippen LogP contribution < -0.4 is 25.0 Å². The molecule has 2 aliphatic heterocycles. The van der Waals surface area contributed by atoms with Gasteiger partial charge in [-0.15, -0.1) is 11.3 Å². The Morgan fingerprint density at radius 1 is 0.851 bits per heavy atom. The van der Waals surface area contributed by atoms with Crippen molar-refractivity contribution in [3.8, 4) is 11.5 Å². The van der Waals surface area contributed by atoms with E-state index in [0.717, 1.165) is 36.9 Å². The molecule has 244 valence electrons. The van der Waals surface area contributed by atoms with Crippen molar-refractivity contribution in [1.29, 1.82) is 0 Å². The van der Waals surface area contributed by atoms with Gasteiger partial charge in [-0.3, -0.25) is 24.7 Å². The Hall–Kier alpha value is -4.87. The molecule has 0 spiro atoms. The number of methoxy groups -OCH3 is 2. The number of benzene rings is 3. The number of amides is 4. The van der Waals surface area contributed by atoms with Crippen LogP contribution in [0.5, 0.6) is 11.5 Å². The molecule has 0 aliphatic carbocycles. The van der Waals surface area contributed by atoms with E-state index in [1.165, 1.54) is 21.8 Å². The molecular weight excluding hydrogens is 614 g/mol. The Labute approximate surface area is 278 Å². The Balaban J connectivity index is 1.23. The van der Waals surface area contributed by atoms with Gasteiger partial charge in [-0.05, 0) is 66.2 Å². The summed E-state index contributed by atoms with van der Waals surface area (Å²) in [7, 11) is 3.10. The third-order valence-corrected chi connectivity index (χ3v) is 9.76. The Bertz CT molecular complexity index is 1720. The van der Waals surface area contributed by atoms with Crippen LogP contribution in [0.1, 0.15) is 57.3 Å². The van der Waals surface area contributed by atoms with Crippen molar-refractivity contribution < 1.29 is 23.9 Å². The number of nitrogens with one attached hydrogen (secondary N) is 2. The Morgan fingerprint density at radius 3 is 2.32 bits per heavy atom. The van der Waals surface area contributed by atoms with Gasteiger partial charge in [0.15, 0.2) is 11.5 Å². The van der Waals surface area contributed by atoms with E-state index in [2.05, 4.69) is 51.6 Å². The lowest BCUT2D eigenvalue weighted by Crippen LogP contribution is -2.47. The van der Waals surface area contributed by atoms with Gasteiger partial charge in [0.1, 0.15) is 0 Å². The number of nitrogens with zero attached hydrogens (tertiary/aromatic N) is 3. The zero-order valence-corrected chi connectivity index (χ0v) is 27.6. The molecule has 0 bridgehead atoms. The average Bonchev–Trinajstić information content (AvgIpc) is 3.71. The number of imide groups is 1. The number of ether oxygens (including phenoxy) is 2. The zero-order valence-electron chi connectivity index (χ0n) is 26.8. The monoisotopic (exact) mass is 653 g/mol. The molecule has 0 radical (unpaired) electrons. The number of urea groups is 1. The van der Waals surface area contributed by atoms with Crippen LogP contribution in [0, 0.1) is 0 Å². The molecule has 4 aromatic rings. The molecule has 6 rings (SSSR count). The lowest BCUT2D eigenvalue weighted by Gasteiger charge is -2.39. The van der Waals surface area contributed by atoms with Gasteiger partial charge in [-0.25, -0.2) is 4.79 Å². The summed E-state index contributed by atoms with van der Waals surface area (Å²) in [6, 6.07) is 24.3. The second-order valence-electron chi connectivity index (χ2n) is 11.6. The third kappa shape index (κ3) is 6.68. The van der Waals surface area contributed by atoms with Gasteiger partial charge in [-0.2, -0.15) is 0 Å². The molecular formula is C36H39N5O5S. The van der Waals surface area contributed by atoms with Gasteiger partial charge in [0.05, 0.1) is 42.1 Å². The maximum Gasteiger partial charge on any atom is 0.319 e. The largest absolute Gasteiger partial charge is 0.493 e. The van der Waals surface area contributed by atoms with Crippen LogP contribution in [0.4, 0.5) is 15.5 Å². The van der Waals surface area contributed by atoms with Gasteiger partial charge >= 0.3 is 6.03 Å². The third-order valence-electron chi connectivity index (χ3n) is 8.97. The van der Waals surface area contributed by atoms with Gasteiger partial charge < -0.3 is 19.7 Å². The van der Waals surface area contributed by atoms with Crippen molar-refractivity contribution in [2.24, 2.45) is 0 Å². The minimum Gasteiger partial charge on any atom is -0.493 e. The number of carbonyl (C=O) groups excluding carboxylic acids is 3. The predicted molar refractivity (Wildman–Crippen MR) is 184 cm³/mol. The number of carbonyl (C=O) groups is 3. The number of piperazine rings is 1. The van der Waals surface area contributed by atoms with E-state index >= 15 is 0 Å². The summed E-state index contributed by atoms with van der Waals surface area (Å²) in [4.78, 5) is 47.0. The second-order valence-corrected chi connectivity index (χ2v) is 12.5. The van der Waals surface area contributed by atoms with Gasteiger partial charge in [0.25, 0.3) is 11.8 Å². The maximum atomic E-state index is 14.3. The summed E-state index contributed by atoms with van der Waals surface area (Å²) in [6.07, 6.45) is 0.296. The van der Waals surface area contributed by atoms with Crippen molar-refractivity contribution in [2.75, 3.05) is 57.2 Å². The highest BCUT2D eigenvalue weighted by atomic mass is 32.1. The highest BCUT2D eigenvalue weighted by Crippen LogP contribution is 2.40. The molecule has 2 aliphatic rings. The molecule has 10 nitrogen and oxygen atoms in total. The van der Waals surface area contributed by atoms with Crippen molar-refractivity contribution in [3.05, 3.63) is 106 Å². The van der Waals surface area contributed by atoms with E-state index in [4.69, 9.17) is 9.47 Å². The molecule has 2 N–H and O–H groups in total. The number of rotatable bonds is 11. The van der Waals surface area contributed by atoms with Gasteiger partial charge in [0.2, 0.25) is 0 Å². The summed E-state index contributed by atoms with van der Waals surface area (Å²) in [5, 5.41) is 8.29. The highest BCUT2D eigenvalue weighted by Gasteiger charge is 2.43. The van der Waals surface area contributed by atoms with Crippen molar-refractivity contribution in [2.45, 2.75) is 25.4 Å². The van der Waals surface area contributed by atoms with E-state index in [1.54, 1.807) is 32.4 Å². The normalized spacial score (nSPS) is 16.1. The molecule has 1 saturated heterocycles. The van der Waals surface area contributed by atoms with Crippen LogP contribution in [0.3, 0.4) is 0 Å². The summed E-state index contributed by atoms with van der Waals surface area (Å²) >= 11 is 1.42.